The molecular formula is C19H24ClN3O2. The molecule has 134 valence electrons. The summed E-state index contributed by atoms with van der Waals surface area (Å²) in [6.07, 6.45) is 2.58. The highest BCUT2D eigenvalue weighted by Crippen LogP contribution is 2.15. The van der Waals surface area contributed by atoms with E-state index in [1.165, 1.54) is 6.42 Å². The number of rotatable bonds is 6. The van der Waals surface area contributed by atoms with Gasteiger partial charge in [0.15, 0.2) is 0 Å². The van der Waals surface area contributed by atoms with Gasteiger partial charge in [0.05, 0.1) is 0 Å². The van der Waals surface area contributed by atoms with Gasteiger partial charge in [-0.3, -0.25) is 9.59 Å². The molecule has 2 aromatic carbocycles. The van der Waals surface area contributed by atoms with Crippen molar-refractivity contribution in [2.75, 3.05) is 19.6 Å². The first-order valence-electron chi connectivity index (χ1n) is 8.49. The van der Waals surface area contributed by atoms with Crippen molar-refractivity contribution in [3.63, 3.8) is 0 Å². The van der Waals surface area contributed by atoms with Crippen molar-refractivity contribution in [1.82, 2.24) is 16.0 Å². The molecule has 1 saturated heterocycles. The van der Waals surface area contributed by atoms with Gasteiger partial charge in [-0.05, 0) is 42.3 Å². The number of hydrogen-bond donors (Lipinski definition) is 3. The van der Waals surface area contributed by atoms with Crippen LogP contribution in [0.3, 0.4) is 0 Å². The Hall–Kier alpha value is -2.11. The predicted molar refractivity (Wildman–Crippen MR) is 102 cm³/mol. The fourth-order valence-electron chi connectivity index (χ4n) is 2.98. The van der Waals surface area contributed by atoms with E-state index in [1.54, 1.807) is 0 Å². The van der Waals surface area contributed by atoms with Gasteiger partial charge in [0.25, 0.3) is 5.91 Å². The molecule has 0 spiro atoms. The monoisotopic (exact) mass is 361 g/mol. The number of carbonyl (C=O) groups excluding carboxylic acids is 2. The molecule has 0 aliphatic carbocycles. The van der Waals surface area contributed by atoms with Crippen molar-refractivity contribution in [3.8, 4) is 0 Å². The summed E-state index contributed by atoms with van der Waals surface area (Å²) in [5.41, 5.74) is 0.615. The molecule has 1 aliphatic rings. The van der Waals surface area contributed by atoms with E-state index in [0.717, 1.165) is 23.7 Å². The number of amides is 2. The largest absolute Gasteiger partial charge is 0.354 e. The van der Waals surface area contributed by atoms with Gasteiger partial charge in [-0.15, -0.1) is 12.4 Å². The summed E-state index contributed by atoms with van der Waals surface area (Å²) in [6, 6.07) is 13.9. The first kappa shape index (κ1) is 19.2. The van der Waals surface area contributed by atoms with E-state index >= 15 is 0 Å². The Balaban J connectivity index is 0.00000225. The molecule has 0 radical (unpaired) electrons. The van der Waals surface area contributed by atoms with Crippen LogP contribution in [0.1, 0.15) is 29.6 Å². The molecule has 2 aromatic rings. The van der Waals surface area contributed by atoms with Crippen molar-refractivity contribution in [3.05, 3.63) is 48.0 Å². The van der Waals surface area contributed by atoms with Gasteiger partial charge in [0.1, 0.15) is 0 Å². The molecule has 3 rings (SSSR count). The van der Waals surface area contributed by atoms with E-state index in [-0.39, 0.29) is 24.2 Å². The van der Waals surface area contributed by atoms with Crippen LogP contribution in [0.15, 0.2) is 42.5 Å². The van der Waals surface area contributed by atoms with Gasteiger partial charge in [-0.25, -0.2) is 0 Å². The molecule has 1 aliphatic heterocycles. The fourth-order valence-corrected chi connectivity index (χ4v) is 2.98. The molecule has 1 fully saturated rings. The van der Waals surface area contributed by atoms with Crippen molar-refractivity contribution >= 4 is 35.0 Å². The maximum absolute atomic E-state index is 12.2. The average Bonchev–Trinajstić information content (AvgIpc) is 3.13. The Labute approximate surface area is 154 Å². The SMILES string of the molecule is Cl.O=C(CCNC(=O)c1ccc2ccccc2c1)NCC1CCCN1. The van der Waals surface area contributed by atoms with Crippen LogP contribution in [-0.2, 0) is 4.79 Å². The summed E-state index contributed by atoms with van der Waals surface area (Å²) in [7, 11) is 0. The lowest BCUT2D eigenvalue weighted by Gasteiger charge is -2.11. The minimum absolute atomic E-state index is 0. The second-order valence-corrected chi connectivity index (χ2v) is 6.17. The van der Waals surface area contributed by atoms with Gasteiger partial charge < -0.3 is 16.0 Å². The van der Waals surface area contributed by atoms with Crippen LogP contribution in [0.4, 0.5) is 0 Å². The first-order valence-corrected chi connectivity index (χ1v) is 8.49. The number of fused-ring (bicyclic) bond motifs is 1. The molecule has 2 amide bonds. The van der Waals surface area contributed by atoms with E-state index in [9.17, 15) is 9.59 Å². The summed E-state index contributed by atoms with van der Waals surface area (Å²) < 4.78 is 0. The van der Waals surface area contributed by atoms with Gasteiger partial charge in [-0.2, -0.15) is 0 Å². The number of halogens is 1. The normalized spacial score (nSPS) is 16.2. The quantitative estimate of drug-likeness (QED) is 0.739. The molecule has 25 heavy (non-hydrogen) atoms. The van der Waals surface area contributed by atoms with Crippen molar-refractivity contribution in [2.24, 2.45) is 0 Å². The zero-order chi connectivity index (χ0) is 16.8. The zero-order valence-corrected chi connectivity index (χ0v) is 14.9. The molecule has 1 heterocycles. The summed E-state index contributed by atoms with van der Waals surface area (Å²) in [5, 5.41) is 11.2. The van der Waals surface area contributed by atoms with Gasteiger partial charge >= 0.3 is 0 Å². The Morgan fingerprint density at radius 3 is 2.64 bits per heavy atom. The van der Waals surface area contributed by atoms with Crippen LogP contribution < -0.4 is 16.0 Å². The molecule has 1 unspecified atom stereocenters. The minimum atomic E-state index is -0.147. The number of carbonyl (C=O) groups is 2. The van der Waals surface area contributed by atoms with Crippen LogP contribution in [0.5, 0.6) is 0 Å². The lowest BCUT2D eigenvalue weighted by molar-refractivity contribution is -0.121. The molecular weight excluding hydrogens is 338 g/mol. The summed E-state index contributed by atoms with van der Waals surface area (Å²) in [5.74, 6) is -0.173. The molecule has 1 atom stereocenters. The Morgan fingerprint density at radius 2 is 1.88 bits per heavy atom. The zero-order valence-electron chi connectivity index (χ0n) is 14.1. The average molecular weight is 362 g/mol. The first-order chi connectivity index (χ1) is 11.7. The lowest BCUT2D eigenvalue weighted by atomic mass is 10.1. The lowest BCUT2D eigenvalue weighted by Crippen LogP contribution is -2.38. The van der Waals surface area contributed by atoms with Gasteiger partial charge in [0.2, 0.25) is 5.91 Å². The van der Waals surface area contributed by atoms with Crippen LogP contribution in [0.25, 0.3) is 10.8 Å². The van der Waals surface area contributed by atoms with E-state index in [1.807, 2.05) is 42.5 Å². The third-order valence-electron chi connectivity index (χ3n) is 4.36. The van der Waals surface area contributed by atoms with E-state index in [0.29, 0.717) is 31.1 Å². The fraction of sp³-hybridized carbons (Fsp3) is 0.368. The molecule has 0 saturated carbocycles. The number of hydrogen-bond acceptors (Lipinski definition) is 3. The Morgan fingerprint density at radius 1 is 1.08 bits per heavy atom. The Bertz CT molecular complexity index is 729. The van der Waals surface area contributed by atoms with E-state index in [4.69, 9.17) is 0 Å². The van der Waals surface area contributed by atoms with Crippen molar-refractivity contribution in [2.45, 2.75) is 25.3 Å². The number of nitrogens with one attached hydrogen (secondary N) is 3. The molecule has 3 N–H and O–H groups in total. The van der Waals surface area contributed by atoms with Crippen LogP contribution in [0.2, 0.25) is 0 Å². The molecule has 5 nitrogen and oxygen atoms in total. The van der Waals surface area contributed by atoms with Gasteiger partial charge in [0, 0.05) is 31.1 Å². The summed E-state index contributed by atoms with van der Waals surface area (Å²) in [6.45, 7) is 2.04. The Kier molecular flexibility index (Phi) is 7.22. The van der Waals surface area contributed by atoms with E-state index in [2.05, 4.69) is 16.0 Å². The third-order valence-corrected chi connectivity index (χ3v) is 4.36. The molecule has 0 aromatic heterocycles. The maximum Gasteiger partial charge on any atom is 0.251 e. The smallest absolute Gasteiger partial charge is 0.251 e. The molecule has 6 heteroatoms. The second-order valence-electron chi connectivity index (χ2n) is 6.17. The predicted octanol–water partition coefficient (Wildman–Crippen LogP) is 2.25. The van der Waals surface area contributed by atoms with Crippen LogP contribution in [0, 0.1) is 0 Å². The van der Waals surface area contributed by atoms with Crippen molar-refractivity contribution in [1.29, 1.82) is 0 Å². The molecule has 0 bridgehead atoms. The topological polar surface area (TPSA) is 70.2 Å². The highest BCUT2D eigenvalue weighted by molar-refractivity contribution is 5.98. The summed E-state index contributed by atoms with van der Waals surface area (Å²) >= 11 is 0. The highest BCUT2D eigenvalue weighted by atomic mass is 35.5. The highest BCUT2D eigenvalue weighted by Gasteiger charge is 2.14. The third kappa shape index (κ3) is 5.44. The summed E-state index contributed by atoms with van der Waals surface area (Å²) in [4.78, 5) is 24.0. The standard InChI is InChI=1S/C19H23N3O2.ClH/c23-18(22-13-17-6-3-10-20-17)9-11-21-19(24)16-8-7-14-4-1-2-5-15(14)12-16;/h1-2,4-5,7-8,12,17,20H,3,6,9-11,13H2,(H,21,24)(H,22,23);1H. The van der Waals surface area contributed by atoms with Crippen LogP contribution in [-0.4, -0.2) is 37.5 Å². The van der Waals surface area contributed by atoms with E-state index < -0.39 is 0 Å². The van der Waals surface area contributed by atoms with Crippen LogP contribution >= 0.6 is 12.4 Å². The van der Waals surface area contributed by atoms with Gasteiger partial charge in [-0.1, -0.05) is 30.3 Å². The maximum atomic E-state index is 12.2. The second kappa shape index (κ2) is 9.39. The van der Waals surface area contributed by atoms with Crippen molar-refractivity contribution < 1.29 is 9.59 Å². The number of benzene rings is 2. The minimum Gasteiger partial charge on any atom is -0.354 e.